The average Bonchev–Trinajstić information content (AvgIpc) is 2.31. The van der Waals surface area contributed by atoms with E-state index in [1.165, 1.54) is 13.1 Å². The molecule has 1 atom stereocenters. The van der Waals surface area contributed by atoms with E-state index in [0.29, 0.717) is 0 Å². The number of nitrogens with one attached hydrogen (secondary N) is 1. The van der Waals surface area contributed by atoms with Crippen LogP contribution in [0, 0.1) is 12.8 Å². The maximum absolute atomic E-state index is 12.6. The van der Waals surface area contributed by atoms with E-state index in [4.69, 9.17) is 5.73 Å². The number of hydrogen-bond donors (Lipinski definition) is 2. The van der Waals surface area contributed by atoms with E-state index in [1.54, 1.807) is 0 Å². The average molecular weight is 277 g/mol. The number of ketones is 1. The van der Waals surface area contributed by atoms with Crippen molar-refractivity contribution >= 4 is 5.78 Å². The van der Waals surface area contributed by atoms with Crippen molar-refractivity contribution in [2.24, 2.45) is 11.7 Å². The first-order chi connectivity index (χ1) is 8.70. The molecule has 3 N–H and O–H groups in total. The number of nitrogens with two attached hydrogens (primary N) is 1. The zero-order chi connectivity index (χ0) is 14.8. The number of hydrogen-bond acceptors (Lipinski definition) is 4. The zero-order valence-corrected chi connectivity index (χ0v) is 10.4. The highest BCUT2D eigenvalue weighted by Crippen LogP contribution is 2.28. The molecular weight excluding hydrogens is 263 g/mol. The van der Waals surface area contributed by atoms with Crippen molar-refractivity contribution in [3.05, 3.63) is 33.7 Å². The van der Waals surface area contributed by atoms with Gasteiger partial charge in [-0.15, -0.1) is 0 Å². The largest absolute Gasteiger partial charge is 0.398 e. The van der Waals surface area contributed by atoms with Gasteiger partial charge in [0.1, 0.15) is 11.6 Å². The molecule has 1 rings (SSSR count). The minimum Gasteiger partial charge on any atom is -0.313 e. The van der Waals surface area contributed by atoms with Crippen LogP contribution in [0.2, 0.25) is 0 Å². The first-order valence-electron chi connectivity index (χ1n) is 5.47. The van der Waals surface area contributed by atoms with E-state index in [1.807, 2.05) is 0 Å². The number of pyridine rings is 1. The summed E-state index contributed by atoms with van der Waals surface area (Å²) in [6, 6.07) is 1.15. The smallest absolute Gasteiger partial charge is 0.313 e. The van der Waals surface area contributed by atoms with Crippen LogP contribution in [0.4, 0.5) is 13.2 Å². The van der Waals surface area contributed by atoms with Crippen molar-refractivity contribution in [3.8, 4) is 0 Å². The standard InChI is InChI=1S/C11H14F3N3O2/c1-6-8(18)3-4-17(16-5-15)9(6)10(19)7(2)11(12,13)14/h3-4,7,16H,5,15H2,1-2H3. The summed E-state index contributed by atoms with van der Waals surface area (Å²) in [5.41, 5.74) is 6.85. The fraction of sp³-hybridized carbons (Fsp3) is 0.455. The van der Waals surface area contributed by atoms with Gasteiger partial charge in [-0.05, 0) is 13.8 Å². The van der Waals surface area contributed by atoms with Crippen LogP contribution < -0.4 is 16.6 Å². The van der Waals surface area contributed by atoms with Crippen LogP contribution in [0.1, 0.15) is 23.0 Å². The first kappa shape index (κ1) is 15.2. The van der Waals surface area contributed by atoms with E-state index < -0.39 is 23.3 Å². The lowest BCUT2D eigenvalue weighted by molar-refractivity contribution is -0.156. The summed E-state index contributed by atoms with van der Waals surface area (Å²) in [6.07, 6.45) is -3.48. The molecule has 0 bridgehead atoms. The number of halogens is 3. The summed E-state index contributed by atoms with van der Waals surface area (Å²) in [6.45, 7) is 1.96. The van der Waals surface area contributed by atoms with E-state index in [-0.39, 0.29) is 17.9 Å². The molecule has 106 valence electrons. The molecule has 8 heteroatoms. The highest BCUT2D eigenvalue weighted by molar-refractivity contribution is 5.97. The fourth-order valence-corrected chi connectivity index (χ4v) is 1.53. The van der Waals surface area contributed by atoms with Crippen molar-refractivity contribution in [2.75, 3.05) is 12.1 Å². The van der Waals surface area contributed by atoms with Gasteiger partial charge in [0.2, 0.25) is 0 Å². The monoisotopic (exact) mass is 277 g/mol. The number of Topliss-reactive ketones (excluding diaryl/α,β-unsaturated/α-hetero) is 1. The normalized spacial score (nSPS) is 13.2. The van der Waals surface area contributed by atoms with E-state index >= 15 is 0 Å². The summed E-state index contributed by atoms with van der Waals surface area (Å²) >= 11 is 0. The van der Waals surface area contributed by atoms with Gasteiger partial charge in [0, 0.05) is 17.8 Å². The molecule has 0 amide bonds. The maximum atomic E-state index is 12.6. The molecule has 0 aliphatic carbocycles. The van der Waals surface area contributed by atoms with Crippen molar-refractivity contribution < 1.29 is 18.0 Å². The third kappa shape index (κ3) is 3.14. The van der Waals surface area contributed by atoms with Gasteiger partial charge in [0.25, 0.3) is 0 Å². The van der Waals surface area contributed by atoms with Crippen molar-refractivity contribution in [3.63, 3.8) is 0 Å². The highest BCUT2D eigenvalue weighted by Gasteiger charge is 2.42. The van der Waals surface area contributed by atoms with Crippen LogP contribution in [0.25, 0.3) is 0 Å². The van der Waals surface area contributed by atoms with Gasteiger partial charge in [0.15, 0.2) is 11.2 Å². The lowest BCUT2D eigenvalue weighted by Gasteiger charge is -2.19. The molecule has 0 radical (unpaired) electrons. The third-order valence-electron chi connectivity index (χ3n) is 2.72. The molecule has 0 saturated heterocycles. The Morgan fingerprint density at radius 1 is 1.53 bits per heavy atom. The Morgan fingerprint density at radius 3 is 2.58 bits per heavy atom. The number of aromatic nitrogens is 1. The molecule has 0 fully saturated rings. The summed E-state index contributed by atoms with van der Waals surface area (Å²) in [5, 5.41) is 0. The van der Waals surface area contributed by atoms with Crippen LogP contribution in [-0.4, -0.2) is 23.3 Å². The molecule has 0 aliphatic heterocycles. The minimum absolute atomic E-state index is 0.0513. The summed E-state index contributed by atoms with van der Waals surface area (Å²) in [5.74, 6) is -3.37. The van der Waals surface area contributed by atoms with Gasteiger partial charge in [-0.3, -0.25) is 14.3 Å². The SMILES string of the molecule is Cc1c(C(=O)C(C)C(F)(F)F)n(NCN)ccc1=O. The molecule has 5 nitrogen and oxygen atoms in total. The molecule has 1 aromatic heterocycles. The maximum Gasteiger partial charge on any atom is 0.398 e. The van der Waals surface area contributed by atoms with Gasteiger partial charge in [-0.2, -0.15) is 13.2 Å². The van der Waals surface area contributed by atoms with Crippen LogP contribution in [0.3, 0.4) is 0 Å². The minimum atomic E-state index is -4.66. The number of rotatable bonds is 4. The van der Waals surface area contributed by atoms with Crippen LogP contribution in [0.5, 0.6) is 0 Å². The Labute approximate surface area is 107 Å². The molecule has 0 saturated carbocycles. The van der Waals surface area contributed by atoms with Crippen LogP contribution in [-0.2, 0) is 0 Å². The molecular formula is C11H14F3N3O2. The molecule has 19 heavy (non-hydrogen) atoms. The number of carbonyl (C=O) groups is 1. The third-order valence-corrected chi connectivity index (χ3v) is 2.72. The van der Waals surface area contributed by atoms with Crippen molar-refractivity contribution in [1.29, 1.82) is 0 Å². The molecule has 1 aromatic rings. The van der Waals surface area contributed by atoms with Crippen LogP contribution in [0.15, 0.2) is 17.1 Å². The molecule has 1 unspecified atom stereocenters. The first-order valence-corrected chi connectivity index (χ1v) is 5.47. The van der Waals surface area contributed by atoms with Gasteiger partial charge in [-0.25, -0.2) is 0 Å². The van der Waals surface area contributed by atoms with E-state index in [0.717, 1.165) is 17.7 Å². The predicted octanol–water partition coefficient (Wildman–Crippen LogP) is 0.998. The Morgan fingerprint density at radius 2 is 2.11 bits per heavy atom. The summed E-state index contributed by atoms with van der Waals surface area (Å²) in [7, 11) is 0. The van der Waals surface area contributed by atoms with Crippen molar-refractivity contribution in [2.45, 2.75) is 20.0 Å². The predicted molar refractivity (Wildman–Crippen MR) is 63.4 cm³/mol. The van der Waals surface area contributed by atoms with Crippen LogP contribution >= 0.6 is 0 Å². The Balaban J connectivity index is 3.36. The Kier molecular flexibility index (Phi) is 4.35. The topological polar surface area (TPSA) is 77.1 Å². The second-order valence-corrected chi connectivity index (χ2v) is 4.01. The Bertz CT molecular complexity index is 537. The van der Waals surface area contributed by atoms with Crippen molar-refractivity contribution in [1.82, 2.24) is 4.68 Å². The number of nitrogens with zero attached hydrogens (tertiary/aromatic N) is 1. The number of carbonyl (C=O) groups excluding carboxylic acids is 1. The number of alkyl halides is 3. The zero-order valence-electron chi connectivity index (χ0n) is 10.4. The molecule has 0 aliphatic rings. The van der Waals surface area contributed by atoms with Gasteiger partial charge in [0.05, 0.1) is 6.67 Å². The lowest BCUT2D eigenvalue weighted by Crippen LogP contribution is -2.35. The second kappa shape index (κ2) is 5.43. The van der Waals surface area contributed by atoms with E-state index in [9.17, 15) is 22.8 Å². The lowest BCUT2D eigenvalue weighted by atomic mass is 10.00. The Hall–Kier alpha value is -1.83. The molecule has 0 aromatic carbocycles. The summed E-state index contributed by atoms with van der Waals surface area (Å²) < 4.78 is 38.8. The highest BCUT2D eigenvalue weighted by atomic mass is 19.4. The van der Waals surface area contributed by atoms with Gasteiger partial charge >= 0.3 is 6.18 Å². The fourth-order valence-electron chi connectivity index (χ4n) is 1.53. The molecule has 0 spiro atoms. The second-order valence-electron chi connectivity index (χ2n) is 4.01. The molecule has 1 heterocycles. The quantitative estimate of drug-likeness (QED) is 0.635. The van der Waals surface area contributed by atoms with Gasteiger partial charge < -0.3 is 11.2 Å². The summed E-state index contributed by atoms with van der Waals surface area (Å²) in [4.78, 5) is 23.4. The van der Waals surface area contributed by atoms with E-state index in [2.05, 4.69) is 5.43 Å². The van der Waals surface area contributed by atoms with Gasteiger partial charge in [-0.1, -0.05) is 0 Å².